The van der Waals surface area contributed by atoms with E-state index in [4.69, 9.17) is 0 Å². The van der Waals surface area contributed by atoms with E-state index in [1.807, 2.05) is 41.1 Å². The molecule has 1 amide bonds. The van der Waals surface area contributed by atoms with Gasteiger partial charge in [-0.1, -0.05) is 0 Å². The molecule has 0 radical (unpaired) electrons. The van der Waals surface area contributed by atoms with Crippen LogP contribution in [-0.2, 0) is 6.54 Å². The molecule has 3 rings (SSSR count). The third-order valence-electron chi connectivity index (χ3n) is 4.01. The standard InChI is InChI=1S/C15H20N4OS/c1-3-19-11(2)9-13(17-19)15(20)18-7-4-5-12(10-18)14-16-6-8-21-14/h6,8-9,12H,3-5,7,10H2,1-2H3/t12-/m0/s1. The molecule has 1 fully saturated rings. The van der Waals surface area contributed by atoms with Gasteiger partial charge < -0.3 is 4.90 Å². The number of piperidine rings is 1. The topological polar surface area (TPSA) is 51.0 Å². The Hall–Kier alpha value is -1.69. The molecule has 112 valence electrons. The molecule has 1 aliphatic rings. The van der Waals surface area contributed by atoms with Crippen LogP contribution in [-0.4, -0.2) is 38.7 Å². The molecule has 0 N–H and O–H groups in total. The molecule has 0 aromatic carbocycles. The Kier molecular flexibility index (Phi) is 4.05. The van der Waals surface area contributed by atoms with Crippen LogP contribution in [0.15, 0.2) is 17.6 Å². The van der Waals surface area contributed by atoms with Crippen LogP contribution >= 0.6 is 11.3 Å². The number of nitrogens with zero attached hydrogens (tertiary/aromatic N) is 4. The number of aryl methyl sites for hydroxylation is 2. The lowest BCUT2D eigenvalue weighted by atomic mass is 9.98. The second-order valence-corrected chi connectivity index (χ2v) is 6.37. The van der Waals surface area contributed by atoms with Crippen LogP contribution in [0, 0.1) is 6.92 Å². The minimum Gasteiger partial charge on any atom is -0.337 e. The van der Waals surface area contributed by atoms with Gasteiger partial charge in [-0.2, -0.15) is 5.10 Å². The highest BCUT2D eigenvalue weighted by molar-refractivity contribution is 7.09. The zero-order valence-corrected chi connectivity index (χ0v) is 13.3. The van der Waals surface area contributed by atoms with Gasteiger partial charge in [-0.25, -0.2) is 4.98 Å². The summed E-state index contributed by atoms with van der Waals surface area (Å²) in [4.78, 5) is 19.0. The van der Waals surface area contributed by atoms with Crippen molar-refractivity contribution in [1.29, 1.82) is 0 Å². The third kappa shape index (κ3) is 2.85. The highest BCUT2D eigenvalue weighted by Crippen LogP contribution is 2.28. The Morgan fingerprint density at radius 1 is 1.52 bits per heavy atom. The highest BCUT2D eigenvalue weighted by atomic mass is 32.1. The first kappa shape index (κ1) is 14.3. The summed E-state index contributed by atoms with van der Waals surface area (Å²) in [5.41, 5.74) is 1.60. The summed E-state index contributed by atoms with van der Waals surface area (Å²) >= 11 is 1.68. The van der Waals surface area contributed by atoms with Crippen LogP contribution in [0.3, 0.4) is 0 Å². The molecular formula is C15H20N4OS. The van der Waals surface area contributed by atoms with E-state index in [0.717, 1.165) is 43.2 Å². The number of thiazole rings is 1. The first-order valence-corrected chi connectivity index (χ1v) is 8.30. The van der Waals surface area contributed by atoms with Crippen LogP contribution in [0.1, 0.15) is 46.9 Å². The molecule has 0 aliphatic carbocycles. The largest absolute Gasteiger partial charge is 0.337 e. The molecular weight excluding hydrogens is 284 g/mol. The number of aromatic nitrogens is 3. The SMILES string of the molecule is CCn1nc(C(=O)N2CCC[C@H](c3nccs3)C2)cc1C. The maximum Gasteiger partial charge on any atom is 0.274 e. The van der Waals surface area contributed by atoms with Crippen molar-refractivity contribution in [1.82, 2.24) is 19.7 Å². The van der Waals surface area contributed by atoms with Gasteiger partial charge in [-0.15, -0.1) is 11.3 Å². The van der Waals surface area contributed by atoms with E-state index in [-0.39, 0.29) is 5.91 Å². The molecule has 6 heteroatoms. The van der Waals surface area contributed by atoms with Crippen molar-refractivity contribution in [2.75, 3.05) is 13.1 Å². The lowest BCUT2D eigenvalue weighted by Crippen LogP contribution is -2.39. The van der Waals surface area contributed by atoms with Crippen LogP contribution in [0.25, 0.3) is 0 Å². The molecule has 0 spiro atoms. The molecule has 2 aromatic heterocycles. The number of rotatable bonds is 3. The van der Waals surface area contributed by atoms with Gasteiger partial charge in [-0.05, 0) is 32.8 Å². The molecule has 1 aliphatic heterocycles. The van der Waals surface area contributed by atoms with Crippen LogP contribution in [0.2, 0.25) is 0 Å². The number of amides is 1. The number of carbonyl (C=O) groups excluding carboxylic acids is 1. The molecule has 5 nitrogen and oxygen atoms in total. The molecule has 1 atom stereocenters. The average Bonchev–Trinajstić information content (AvgIpc) is 3.16. The van der Waals surface area contributed by atoms with Crippen molar-refractivity contribution in [3.05, 3.63) is 34.0 Å². The third-order valence-corrected chi connectivity index (χ3v) is 4.95. The smallest absolute Gasteiger partial charge is 0.274 e. The van der Waals surface area contributed by atoms with E-state index in [2.05, 4.69) is 10.1 Å². The zero-order chi connectivity index (χ0) is 14.8. The van der Waals surface area contributed by atoms with Crippen molar-refractivity contribution < 1.29 is 4.79 Å². The maximum absolute atomic E-state index is 12.6. The number of carbonyl (C=O) groups is 1. The summed E-state index contributed by atoms with van der Waals surface area (Å²) in [6.07, 6.45) is 3.98. The van der Waals surface area contributed by atoms with Gasteiger partial charge in [0.2, 0.25) is 0 Å². The number of hydrogen-bond donors (Lipinski definition) is 0. The Morgan fingerprint density at radius 2 is 2.38 bits per heavy atom. The molecule has 0 bridgehead atoms. The predicted molar refractivity (Wildman–Crippen MR) is 82.6 cm³/mol. The fourth-order valence-corrected chi connectivity index (χ4v) is 3.66. The maximum atomic E-state index is 12.6. The first-order valence-electron chi connectivity index (χ1n) is 7.42. The van der Waals surface area contributed by atoms with Crippen LogP contribution in [0.5, 0.6) is 0 Å². The van der Waals surface area contributed by atoms with Gasteiger partial charge in [0.1, 0.15) is 0 Å². The summed E-state index contributed by atoms with van der Waals surface area (Å²) in [5, 5.41) is 7.55. The normalized spacial score (nSPS) is 19.0. The Balaban J connectivity index is 1.74. The minimum absolute atomic E-state index is 0.0477. The summed E-state index contributed by atoms with van der Waals surface area (Å²) in [6.45, 7) is 6.39. The molecule has 3 heterocycles. The van der Waals surface area contributed by atoms with Crippen LogP contribution in [0.4, 0.5) is 0 Å². The number of hydrogen-bond acceptors (Lipinski definition) is 4. The summed E-state index contributed by atoms with van der Waals surface area (Å²) in [7, 11) is 0. The van der Waals surface area contributed by atoms with Crippen LogP contribution < -0.4 is 0 Å². The number of likely N-dealkylation sites (tertiary alicyclic amines) is 1. The molecule has 0 unspecified atom stereocenters. The summed E-state index contributed by atoms with van der Waals surface area (Å²) in [6, 6.07) is 1.89. The molecule has 2 aromatic rings. The molecule has 21 heavy (non-hydrogen) atoms. The monoisotopic (exact) mass is 304 g/mol. The summed E-state index contributed by atoms with van der Waals surface area (Å²) < 4.78 is 1.87. The van der Waals surface area contributed by atoms with E-state index < -0.39 is 0 Å². The lowest BCUT2D eigenvalue weighted by molar-refractivity contribution is 0.0700. The first-order chi connectivity index (χ1) is 10.2. The van der Waals surface area contributed by atoms with Crippen molar-refractivity contribution in [2.24, 2.45) is 0 Å². The Labute approximate surface area is 128 Å². The van der Waals surface area contributed by atoms with E-state index in [1.165, 1.54) is 0 Å². The lowest BCUT2D eigenvalue weighted by Gasteiger charge is -2.31. The van der Waals surface area contributed by atoms with Crippen molar-refractivity contribution in [2.45, 2.75) is 39.2 Å². The van der Waals surface area contributed by atoms with Gasteiger partial charge in [0.25, 0.3) is 5.91 Å². The van der Waals surface area contributed by atoms with Crippen molar-refractivity contribution in [3.8, 4) is 0 Å². The Morgan fingerprint density at radius 3 is 3.05 bits per heavy atom. The van der Waals surface area contributed by atoms with Gasteiger partial charge in [0.05, 0.1) is 5.01 Å². The second kappa shape index (κ2) is 5.97. The minimum atomic E-state index is 0.0477. The van der Waals surface area contributed by atoms with Gasteiger partial charge >= 0.3 is 0 Å². The second-order valence-electron chi connectivity index (χ2n) is 5.45. The quantitative estimate of drug-likeness (QED) is 0.876. The van der Waals surface area contributed by atoms with E-state index >= 15 is 0 Å². The van der Waals surface area contributed by atoms with E-state index in [0.29, 0.717) is 11.6 Å². The predicted octanol–water partition coefficient (Wildman–Crippen LogP) is 2.69. The molecule has 1 saturated heterocycles. The zero-order valence-electron chi connectivity index (χ0n) is 12.5. The van der Waals surface area contributed by atoms with Gasteiger partial charge in [-0.3, -0.25) is 9.48 Å². The van der Waals surface area contributed by atoms with E-state index in [9.17, 15) is 4.79 Å². The fraction of sp³-hybridized carbons (Fsp3) is 0.533. The average molecular weight is 304 g/mol. The summed E-state index contributed by atoms with van der Waals surface area (Å²) in [5.74, 6) is 0.420. The highest BCUT2D eigenvalue weighted by Gasteiger charge is 2.28. The van der Waals surface area contributed by atoms with E-state index in [1.54, 1.807) is 11.3 Å². The molecule has 0 saturated carbocycles. The van der Waals surface area contributed by atoms with Crippen molar-refractivity contribution >= 4 is 17.2 Å². The Bertz CT molecular complexity index is 620. The van der Waals surface area contributed by atoms with Crippen molar-refractivity contribution in [3.63, 3.8) is 0 Å². The van der Waals surface area contributed by atoms with Gasteiger partial charge in [0.15, 0.2) is 5.69 Å². The van der Waals surface area contributed by atoms with Gasteiger partial charge in [0, 0.05) is 42.8 Å². The fourth-order valence-electron chi connectivity index (χ4n) is 2.90.